The van der Waals surface area contributed by atoms with Gasteiger partial charge in [0.15, 0.2) is 18.7 Å². The molecule has 2 saturated heterocycles. The largest absolute Gasteiger partial charge is 0.431 e. The van der Waals surface area contributed by atoms with Gasteiger partial charge in [-0.2, -0.15) is 0 Å². The van der Waals surface area contributed by atoms with Crippen LogP contribution in [0.1, 0.15) is 0 Å². The number of aliphatic hydroxyl groups excluding tert-OH is 11. The third-order valence-corrected chi connectivity index (χ3v) is 5.58. The van der Waals surface area contributed by atoms with E-state index in [-0.39, 0.29) is 6.29 Å². The van der Waals surface area contributed by atoms with Gasteiger partial charge in [0.1, 0.15) is 67.1 Å². The zero-order valence-corrected chi connectivity index (χ0v) is 17.9. The van der Waals surface area contributed by atoms with Crippen molar-refractivity contribution in [1.82, 2.24) is 0 Å². The molecule has 2 rings (SSSR count). The van der Waals surface area contributed by atoms with Crippen LogP contribution in [0.5, 0.6) is 0 Å². The van der Waals surface area contributed by atoms with Gasteiger partial charge in [-0.1, -0.05) is 0 Å². The zero-order valence-electron chi connectivity index (χ0n) is 17.9. The summed E-state index contributed by atoms with van der Waals surface area (Å²) in [5, 5.41) is 107. The molecule has 2 fully saturated rings. The zero-order chi connectivity index (χ0) is 26.6. The van der Waals surface area contributed by atoms with E-state index in [9.17, 15) is 65.8 Å². The van der Waals surface area contributed by atoms with Crippen molar-refractivity contribution < 1.29 is 84.7 Å². The average molecular weight is 518 g/mol. The number of aldehydes is 1. The molecule has 0 unspecified atom stereocenters. The van der Waals surface area contributed by atoms with Crippen LogP contribution < -0.4 is 0 Å². The molecule has 0 bridgehead atoms. The average Bonchev–Trinajstić information content (AvgIpc) is 2.85. The lowest BCUT2D eigenvalue weighted by Crippen LogP contribution is -2.62. The Morgan fingerprint density at radius 3 is 1.83 bits per heavy atom. The third-order valence-electron chi connectivity index (χ3n) is 5.58. The fraction of sp³-hybridized carbons (Fsp3) is 0.889. The highest BCUT2D eigenvalue weighted by Gasteiger charge is 2.49. The summed E-state index contributed by atoms with van der Waals surface area (Å²) in [6.07, 6.45) is -27.3. The van der Waals surface area contributed by atoms with Gasteiger partial charge in [0.05, 0.1) is 13.2 Å². The van der Waals surface area contributed by atoms with Crippen LogP contribution in [0.3, 0.4) is 0 Å². The summed E-state index contributed by atoms with van der Waals surface area (Å²) in [6, 6.07) is 0. The third kappa shape index (κ3) is 6.67. The second-order valence-corrected chi connectivity index (χ2v) is 8.03. The van der Waals surface area contributed by atoms with Crippen LogP contribution in [0.4, 0.5) is 0 Å². The first-order chi connectivity index (χ1) is 16.3. The Morgan fingerprint density at radius 2 is 1.29 bits per heavy atom. The molecule has 2 aliphatic heterocycles. The van der Waals surface area contributed by atoms with E-state index in [1.807, 2.05) is 0 Å². The smallest absolute Gasteiger partial charge is 0.340 e. The molecular weight excluding hydrogens is 488 g/mol. The number of esters is 1. The quantitative estimate of drug-likeness (QED) is 0.0944. The van der Waals surface area contributed by atoms with Crippen molar-refractivity contribution in [1.29, 1.82) is 0 Å². The van der Waals surface area contributed by atoms with Gasteiger partial charge in [-0.05, 0) is 0 Å². The van der Waals surface area contributed by atoms with Crippen LogP contribution in [-0.2, 0) is 28.5 Å². The molecule has 0 aromatic rings. The van der Waals surface area contributed by atoms with E-state index in [0.29, 0.717) is 0 Å². The fourth-order valence-corrected chi connectivity index (χ4v) is 3.34. The maximum atomic E-state index is 12.1. The lowest BCUT2D eigenvalue weighted by molar-refractivity contribution is -0.328. The summed E-state index contributed by atoms with van der Waals surface area (Å²) >= 11 is 0. The number of carbonyl (C=O) groups is 2. The van der Waals surface area contributed by atoms with Crippen molar-refractivity contribution in [2.24, 2.45) is 0 Å². The molecule has 2 heterocycles. The molecular formula is C18H30O17. The van der Waals surface area contributed by atoms with Crippen molar-refractivity contribution in [2.45, 2.75) is 85.8 Å². The molecule has 0 saturated carbocycles. The number of aliphatic hydroxyl groups is 11. The first kappa shape index (κ1) is 29.8. The monoisotopic (exact) mass is 518 g/mol. The Morgan fingerprint density at radius 1 is 0.771 bits per heavy atom. The molecule has 35 heavy (non-hydrogen) atoms. The number of ether oxygens (including phenoxy) is 4. The first-order valence-corrected chi connectivity index (χ1v) is 10.4. The number of hydrogen-bond donors (Lipinski definition) is 11. The van der Waals surface area contributed by atoms with Crippen LogP contribution in [0.15, 0.2) is 0 Å². The molecule has 11 N–H and O–H groups in total. The van der Waals surface area contributed by atoms with Crippen molar-refractivity contribution in [3.63, 3.8) is 0 Å². The highest BCUT2D eigenvalue weighted by molar-refractivity contribution is 5.75. The minimum atomic E-state index is -2.54. The van der Waals surface area contributed by atoms with Gasteiger partial charge < -0.3 is 79.9 Å². The molecule has 17 heteroatoms. The molecule has 2 aliphatic rings. The van der Waals surface area contributed by atoms with Gasteiger partial charge >= 0.3 is 5.97 Å². The fourth-order valence-electron chi connectivity index (χ4n) is 3.34. The van der Waals surface area contributed by atoms with E-state index in [2.05, 4.69) is 4.74 Å². The molecule has 14 atom stereocenters. The molecule has 0 spiro atoms. The predicted molar refractivity (Wildman–Crippen MR) is 103 cm³/mol. The second kappa shape index (κ2) is 12.7. The molecule has 204 valence electrons. The lowest BCUT2D eigenvalue weighted by atomic mass is 9.98. The van der Waals surface area contributed by atoms with Crippen molar-refractivity contribution >= 4 is 12.3 Å². The molecule has 0 amide bonds. The molecule has 0 radical (unpaired) electrons. The van der Waals surface area contributed by atoms with Crippen LogP contribution in [0, 0.1) is 0 Å². The molecule has 0 aromatic heterocycles. The number of carbonyl (C=O) groups excluding carboxylic acids is 2. The summed E-state index contributed by atoms with van der Waals surface area (Å²) < 4.78 is 20.1. The normalized spacial score (nSPS) is 41.5. The Hall–Kier alpha value is -1.42. The summed E-state index contributed by atoms with van der Waals surface area (Å²) in [4.78, 5) is 22.6. The van der Waals surface area contributed by atoms with E-state index in [0.717, 1.165) is 0 Å². The highest BCUT2D eigenvalue weighted by Crippen LogP contribution is 2.26. The van der Waals surface area contributed by atoms with Crippen LogP contribution >= 0.6 is 0 Å². The van der Waals surface area contributed by atoms with E-state index in [1.54, 1.807) is 0 Å². The van der Waals surface area contributed by atoms with Gasteiger partial charge in [0.25, 0.3) is 0 Å². The van der Waals surface area contributed by atoms with Crippen LogP contribution in [-0.4, -0.2) is 167 Å². The number of hydrogen-bond acceptors (Lipinski definition) is 17. The summed E-state index contributed by atoms with van der Waals surface area (Å²) in [5.41, 5.74) is 0. The van der Waals surface area contributed by atoms with E-state index >= 15 is 0 Å². The summed E-state index contributed by atoms with van der Waals surface area (Å²) in [7, 11) is 0. The van der Waals surface area contributed by atoms with Gasteiger partial charge in [-0.3, -0.25) is 0 Å². The standard InChI is InChI=1S/C18H30O17/c19-1-4(21)7(22)10(25)13(28)16(31)35-18-15(30)12(27)9(24)6(34-18)3-32-17-14(29)11(26)8(23)5(2-20)33-17/h1,4-15,17-18,20-30H,2-3H2/t4-,5+,6+,7+,8+,9+,10+,11-,12-,13+,14+,15+,17-,18-/m0/s1. The SMILES string of the molecule is O=C[C@H](O)[C@@H](O)[C@@H](O)[C@@H](O)C(=O)O[C@@H]1O[C@H](CO[C@H]2O[C@H](CO)[C@@H](O)[C@H](O)[C@H]2O)[C@@H](O)[C@H](O)[C@H]1O. The van der Waals surface area contributed by atoms with Crippen molar-refractivity contribution in [3.05, 3.63) is 0 Å². The Balaban J connectivity index is 2.02. The minimum absolute atomic E-state index is 0.169. The van der Waals surface area contributed by atoms with Gasteiger partial charge in [-0.25, -0.2) is 4.79 Å². The first-order valence-electron chi connectivity index (χ1n) is 10.4. The van der Waals surface area contributed by atoms with Gasteiger partial charge in [0.2, 0.25) is 6.29 Å². The van der Waals surface area contributed by atoms with Crippen molar-refractivity contribution in [2.75, 3.05) is 13.2 Å². The molecule has 0 aromatic carbocycles. The Labute approximate surface area is 196 Å². The Kier molecular flexibility index (Phi) is 10.8. The van der Waals surface area contributed by atoms with Crippen molar-refractivity contribution in [3.8, 4) is 0 Å². The second-order valence-electron chi connectivity index (χ2n) is 8.03. The van der Waals surface area contributed by atoms with Crippen LogP contribution in [0.25, 0.3) is 0 Å². The van der Waals surface area contributed by atoms with Gasteiger partial charge in [0, 0.05) is 0 Å². The summed E-state index contributed by atoms with van der Waals surface area (Å²) in [6.45, 7) is -1.47. The van der Waals surface area contributed by atoms with E-state index in [4.69, 9.17) is 14.2 Å². The summed E-state index contributed by atoms with van der Waals surface area (Å²) in [5.74, 6) is -1.71. The van der Waals surface area contributed by atoms with Crippen LogP contribution in [0.2, 0.25) is 0 Å². The highest BCUT2D eigenvalue weighted by atomic mass is 16.7. The topological polar surface area (TPSA) is 294 Å². The molecule has 17 nitrogen and oxygen atoms in total. The molecule has 0 aliphatic carbocycles. The minimum Gasteiger partial charge on any atom is -0.431 e. The maximum absolute atomic E-state index is 12.1. The van der Waals surface area contributed by atoms with Gasteiger partial charge in [-0.15, -0.1) is 0 Å². The Bertz CT molecular complexity index is 692. The lowest BCUT2D eigenvalue weighted by Gasteiger charge is -2.42. The number of rotatable bonds is 10. The maximum Gasteiger partial charge on any atom is 0.340 e. The van der Waals surface area contributed by atoms with E-state index < -0.39 is 105 Å². The van der Waals surface area contributed by atoms with E-state index in [1.165, 1.54) is 0 Å². The predicted octanol–water partition coefficient (Wildman–Crippen LogP) is -8.20.